The zero-order chi connectivity index (χ0) is 15.4. The topological polar surface area (TPSA) is 69.6 Å². The fourth-order valence-electron chi connectivity index (χ4n) is 1.83. The number of rotatable bonds is 11. The first-order chi connectivity index (χ1) is 9.49. The Bertz CT molecular complexity index is 286. The lowest BCUT2D eigenvalue weighted by molar-refractivity contribution is -0.137. The minimum Gasteiger partial charge on any atom is -0.481 e. The van der Waals surface area contributed by atoms with Gasteiger partial charge in [0.15, 0.2) is 0 Å². The Kier molecular flexibility index (Phi) is 11.3. The van der Waals surface area contributed by atoms with Gasteiger partial charge >= 0.3 is 12.0 Å². The van der Waals surface area contributed by atoms with Gasteiger partial charge in [0, 0.05) is 19.1 Å². The van der Waals surface area contributed by atoms with Crippen molar-refractivity contribution >= 4 is 23.8 Å². The lowest BCUT2D eigenvalue weighted by Crippen LogP contribution is -2.45. The molecule has 0 bridgehead atoms. The third kappa shape index (κ3) is 9.95. The second-order valence-corrected chi connectivity index (χ2v) is 6.06. The molecule has 0 aliphatic heterocycles. The second-order valence-electron chi connectivity index (χ2n) is 5.07. The van der Waals surface area contributed by atoms with E-state index in [2.05, 4.69) is 11.6 Å². The minimum atomic E-state index is -0.878. The summed E-state index contributed by atoms with van der Waals surface area (Å²) >= 11 is 1.86. The Morgan fingerprint density at radius 3 is 2.40 bits per heavy atom. The van der Waals surface area contributed by atoms with Crippen molar-refractivity contribution < 1.29 is 14.7 Å². The van der Waals surface area contributed by atoms with Crippen LogP contribution in [0.3, 0.4) is 0 Å². The molecule has 0 saturated heterocycles. The molecule has 0 heterocycles. The first kappa shape index (κ1) is 19.1. The molecule has 2 amide bonds. The van der Waals surface area contributed by atoms with Crippen molar-refractivity contribution in [2.24, 2.45) is 0 Å². The molecule has 0 radical (unpaired) electrons. The largest absolute Gasteiger partial charge is 0.481 e. The molecule has 2 N–H and O–H groups in total. The molecule has 5 nitrogen and oxygen atoms in total. The van der Waals surface area contributed by atoms with E-state index in [0.29, 0.717) is 6.54 Å². The third-order valence-corrected chi connectivity index (χ3v) is 3.70. The number of hydrogen-bond acceptors (Lipinski definition) is 3. The highest BCUT2D eigenvalue weighted by Crippen LogP contribution is 2.05. The van der Waals surface area contributed by atoms with Crippen LogP contribution in [0.15, 0.2) is 0 Å². The van der Waals surface area contributed by atoms with Crippen LogP contribution in [0, 0.1) is 0 Å². The van der Waals surface area contributed by atoms with Gasteiger partial charge in [0.25, 0.3) is 0 Å². The molecule has 0 aliphatic rings. The highest BCUT2D eigenvalue weighted by atomic mass is 32.2. The number of carbonyl (C=O) groups excluding carboxylic acids is 1. The number of carboxylic acid groups (broad SMARTS) is 1. The zero-order valence-electron chi connectivity index (χ0n) is 12.9. The lowest BCUT2D eigenvalue weighted by Gasteiger charge is -2.26. The van der Waals surface area contributed by atoms with Gasteiger partial charge in [0.2, 0.25) is 0 Å². The van der Waals surface area contributed by atoms with E-state index in [4.69, 9.17) is 5.11 Å². The van der Waals surface area contributed by atoms with Crippen LogP contribution >= 0.6 is 11.8 Å². The molecular formula is C14H28N2O3S. The van der Waals surface area contributed by atoms with Crippen LogP contribution in [0.5, 0.6) is 0 Å². The van der Waals surface area contributed by atoms with E-state index in [9.17, 15) is 9.59 Å². The van der Waals surface area contributed by atoms with Crippen molar-refractivity contribution in [1.82, 2.24) is 10.2 Å². The Labute approximate surface area is 126 Å². The number of hydrogen-bond donors (Lipinski definition) is 2. The number of unbranched alkanes of at least 4 members (excludes halogenated alkanes) is 3. The van der Waals surface area contributed by atoms with Crippen LogP contribution in [0.1, 0.15) is 46.0 Å². The SMILES string of the molecule is CSCCCCCCNC(=O)N(CCC(=O)O)C(C)C. The van der Waals surface area contributed by atoms with E-state index in [1.54, 1.807) is 4.90 Å². The zero-order valence-corrected chi connectivity index (χ0v) is 13.7. The summed E-state index contributed by atoms with van der Waals surface area (Å²) in [4.78, 5) is 24.1. The van der Waals surface area contributed by atoms with Crippen molar-refractivity contribution in [2.45, 2.75) is 52.0 Å². The Morgan fingerprint density at radius 2 is 1.85 bits per heavy atom. The van der Waals surface area contributed by atoms with Gasteiger partial charge in [-0.3, -0.25) is 4.79 Å². The Balaban J connectivity index is 3.81. The number of aliphatic carboxylic acids is 1. The maximum Gasteiger partial charge on any atom is 0.317 e. The summed E-state index contributed by atoms with van der Waals surface area (Å²) in [5, 5.41) is 11.6. The van der Waals surface area contributed by atoms with E-state index in [-0.39, 0.29) is 25.0 Å². The van der Waals surface area contributed by atoms with Crippen molar-refractivity contribution in [2.75, 3.05) is 25.1 Å². The number of carbonyl (C=O) groups is 2. The molecule has 0 rings (SSSR count). The standard InChI is InChI=1S/C14H28N2O3S/c1-12(2)16(10-8-13(17)18)14(19)15-9-6-4-5-7-11-20-3/h12H,4-11H2,1-3H3,(H,15,19)(H,17,18). The molecule has 0 unspecified atom stereocenters. The van der Waals surface area contributed by atoms with Crippen molar-refractivity contribution in [3.8, 4) is 0 Å². The van der Waals surface area contributed by atoms with Crippen LogP contribution in [0.25, 0.3) is 0 Å². The maximum atomic E-state index is 12.0. The fraction of sp³-hybridized carbons (Fsp3) is 0.857. The number of nitrogens with zero attached hydrogens (tertiary/aromatic N) is 1. The predicted octanol–water partition coefficient (Wildman–Crippen LogP) is 2.80. The van der Waals surface area contributed by atoms with Gasteiger partial charge in [0.05, 0.1) is 6.42 Å². The monoisotopic (exact) mass is 304 g/mol. The van der Waals surface area contributed by atoms with Gasteiger partial charge < -0.3 is 15.3 Å². The van der Waals surface area contributed by atoms with Crippen molar-refractivity contribution in [3.63, 3.8) is 0 Å². The summed E-state index contributed by atoms with van der Waals surface area (Å²) in [6.45, 7) is 4.70. The van der Waals surface area contributed by atoms with Gasteiger partial charge in [0.1, 0.15) is 0 Å². The van der Waals surface area contributed by atoms with E-state index in [1.165, 1.54) is 18.6 Å². The Morgan fingerprint density at radius 1 is 1.20 bits per heavy atom. The van der Waals surface area contributed by atoms with Gasteiger partial charge in [-0.2, -0.15) is 11.8 Å². The maximum absolute atomic E-state index is 12.0. The molecule has 0 fully saturated rings. The summed E-state index contributed by atoms with van der Waals surface area (Å²) < 4.78 is 0. The normalized spacial score (nSPS) is 10.6. The van der Waals surface area contributed by atoms with Crippen molar-refractivity contribution in [1.29, 1.82) is 0 Å². The predicted molar refractivity (Wildman–Crippen MR) is 84.3 cm³/mol. The molecule has 0 spiro atoms. The van der Waals surface area contributed by atoms with Crippen LogP contribution < -0.4 is 5.32 Å². The molecular weight excluding hydrogens is 276 g/mol. The molecule has 0 atom stereocenters. The first-order valence-electron chi connectivity index (χ1n) is 7.24. The van der Waals surface area contributed by atoms with E-state index < -0.39 is 5.97 Å². The molecule has 0 aromatic rings. The van der Waals surface area contributed by atoms with Crippen LogP contribution in [0.2, 0.25) is 0 Å². The van der Waals surface area contributed by atoms with Gasteiger partial charge in [-0.05, 0) is 38.7 Å². The smallest absolute Gasteiger partial charge is 0.317 e. The van der Waals surface area contributed by atoms with E-state index in [0.717, 1.165) is 12.8 Å². The number of carboxylic acids is 1. The summed E-state index contributed by atoms with van der Waals surface area (Å²) in [5.41, 5.74) is 0. The number of urea groups is 1. The molecule has 20 heavy (non-hydrogen) atoms. The molecule has 6 heteroatoms. The third-order valence-electron chi connectivity index (χ3n) is 3.00. The van der Waals surface area contributed by atoms with Crippen molar-refractivity contribution in [3.05, 3.63) is 0 Å². The van der Waals surface area contributed by atoms with Gasteiger partial charge in [-0.15, -0.1) is 0 Å². The minimum absolute atomic E-state index is 0.0101. The molecule has 118 valence electrons. The second kappa shape index (κ2) is 11.9. The van der Waals surface area contributed by atoms with Crippen LogP contribution in [-0.2, 0) is 4.79 Å². The summed E-state index contributed by atoms with van der Waals surface area (Å²) in [6, 6.07) is -0.152. The number of amides is 2. The number of nitrogens with one attached hydrogen (secondary N) is 1. The number of thioether (sulfide) groups is 1. The molecule has 0 aromatic heterocycles. The van der Waals surface area contributed by atoms with E-state index >= 15 is 0 Å². The Hall–Kier alpha value is -0.910. The highest BCUT2D eigenvalue weighted by molar-refractivity contribution is 7.98. The first-order valence-corrected chi connectivity index (χ1v) is 8.63. The molecule has 0 aliphatic carbocycles. The molecule has 0 aromatic carbocycles. The molecule has 0 saturated carbocycles. The summed E-state index contributed by atoms with van der Waals surface area (Å²) in [7, 11) is 0. The fourth-order valence-corrected chi connectivity index (χ4v) is 2.32. The van der Waals surface area contributed by atoms with Gasteiger partial charge in [-0.25, -0.2) is 4.79 Å². The average Bonchev–Trinajstić information content (AvgIpc) is 2.37. The van der Waals surface area contributed by atoms with Crippen LogP contribution in [0.4, 0.5) is 4.79 Å². The summed E-state index contributed by atoms with van der Waals surface area (Å²) in [5.74, 6) is 0.320. The van der Waals surface area contributed by atoms with Gasteiger partial charge in [-0.1, -0.05) is 12.8 Å². The quantitative estimate of drug-likeness (QED) is 0.576. The highest BCUT2D eigenvalue weighted by Gasteiger charge is 2.17. The lowest BCUT2D eigenvalue weighted by atomic mass is 10.2. The average molecular weight is 304 g/mol. The van der Waals surface area contributed by atoms with Crippen LogP contribution in [-0.4, -0.2) is 53.1 Å². The summed E-state index contributed by atoms with van der Waals surface area (Å²) in [6.07, 6.45) is 6.62. The van der Waals surface area contributed by atoms with E-state index in [1.807, 2.05) is 25.6 Å².